The average molecular weight is 284 g/mol. The van der Waals surface area contributed by atoms with E-state index >= 15 is 0 Å². The molecule has 20 heavy (non-hydrogen) atoms. The van der Waals surface area contributed by atoms with Crippen molar-refractivity contribution in [2.24, 2.45) is 0 Å². The summed E-state index contributed by atoms with van der Waals surface area (Å²) < 4.78 is 0. The van der Waals surface area contributed by atoms with E-state index in [1.807, 2.05) is 18.2 Å². The Hall–Kier alpha value is -2.05. The summed E-state index contributed by atoms with van der Waals surface area (Å²) in [6.45, 7) is 0.957. The SMILES string of the molecule is N#Cc1nc(N2CCCC2c2ccccc2)ccc1Cl. The molecule has 1 fully saturated rings. The van der Waals surface area contributed by atoms with Gasteiger partial charge >= 0.3 is 0 Å². The van der Waals surface area contributed by atoms with Gasteiger partial charge in [0.1, 0.15) is 11.9 Å². The third-order valence-corrected chi connectivity index (χ3v) is 3.97. The van der Waals surface area contributed by atoms with Crippen LogP contribution in [0.25, 0.3) is 0 Å². The highest BCUT2D eigenvalue weighted by atomic mass is 35.5. The predicted molar refractivity (Wildman–Crippen MR) is 79.7 cm³/mol. The average Bonchev–Trinajstić information content (AvgIpc) is 2.98. The highest BCUT2D eigenvalue weighted by Crippen LogP contribution is 2.35. The molecule has 1 unspecified atom stereocenters. The molecule has 2 heterocycles. The number of nitrogens with zero attached hydrogens (tertiary/aromatic N) is 3. The fourth-order valence-corrected chi connectivity index (χ4v) is 2.88. The van der Waals surface area contributed by atoms with Crippen molar-refractivity contribution < 1.29 is 0 Å². The Kier molecular flexibility index (Phi) is 3.58. The van der Waals surface area contributed by atoms with E-state index in [2.05, 4.69) is 34.1 Å². The van der Waals surface area contributed by atoms with Crippen molar-refractivity contribution in [3.05, 3.63) is 58.7 Å². The predicted octanol–water partition coefficient (Wildman–Crippen LogP) is 3.95. The Labute approximate surface area is 123 Å². The molecular formula is C16H14ClN3. The maximum Gasteiger partial charge on any atom is 0.161 e. The molecule has 1 aromatic carbocycles. The first kappa shape index (κ1) is 13.0. The molecule has 3 nitrogen and oxygen atoms in total. The molecule has 1 saturated heterocycles. The highest BCUT2D eigenvalue weighted by molar-refractivity contribution is 6.31. The Morgan fingerprint density at radius 3 is 2.75 bits per heavy atom. The van der Waals surface area contributed by atoms with Gasteiger partial charge in [-0.3, -0.25) is 0 Å². The van der Waals surface area contributed by atoms with Crippen LogP contribution in [0.5, 0.6) is 0 Å². The van der Waals surface area contributed by atoms with E-state index in [0.29, 0.717) is 16.8 Å². The number of hydrogen-bond donors (Lipinski definition) is 0. The van der Waals surface area contributed by atoms with Gasteiger partial charge in [0.15, 0.2) is 5.69 Å². The number of rotatable bonds is 2. The van der Waals surface area contributed by atoms with Gasteiger partial charge in [0.2, 0.25) is 0 Å². The third kappa shape index (κ3) is 2.35. The second-order valence-electron chi connectivity index (χ2n) is 4.87. The Bertz CT molecular complexity index is 649. The number of aromatic nitrogens is 1. The summed E-state index contributed by atoms with van der Waals surface area (Å²) in [5.41, 5.74) is 1.59. The molecule has 1 aliphatic rings. The van der Waals surface area contributed by atoms with Crippen LogP contribution < -0.4 is 4.90 Å². The second-order valence-corrected chi connectivity index (χ2v) is 5.28. The van der Waals surface area contributed by atoms with Crippen LogP contribution in [0.15, 0.2) is 42.5 Å². The molecule has 4 heteroatoms. The lowest BCUT2D eigenvalue weighted by molar-refractivity contribution is 0.711. The number of nitriles is 1. The molecule has 0 radical (unpaired) electrons. The van der Waals surface area contributed by atoms with Crippen molar-refractivity contribution >= 4 is 17.4 Å². The summed E-state index contributed by atoms with van der Waals surface area (Å²) in [6.07, 6.45) is 2.24. The van der Waals surface area contributed by atoms with E-state index in [0.717, 1.165) is 25.2 Å². The van der Waals surface area contributed by atoms with Crippen LogP contribution in [-0.4, -0.2) is 11.5 Å². The van der Waals surface area contributed by atoms with Crippen molar-refractivity contribution in [2.45, 2.75) is 18.9 Å². The minimum absolute atomic E-state index is 0.294. The van der Waals surface area contributed by atoms with Gasteiger partial charge in [-0.25, -0.2) is 4.98 Å². The van der Waals surface area contributed by atoms with Gasteiger partial charge in [-0.05, 0) is 30.5 Å². The molecule has 1 aliphatic heterocycles. The number of pyridine rings is 1. The van der Waals surface area contributed by atoms with Gasteiger partial charge in [-0.15, -0.1) is 0 Å². The number of halogens is 1. The van der Waals surface area contributed by atoms with Crippen LogP contribution in [0.1, 0.15) is 30.1 Å². The van der Waals surface area contributed by atoms with Crippen molar-refractivity contribution in [2.75, 3.05) is 11.4 Å². The van der Waals surface area contributed by atoms with E-state index in [9.17, 15) is 0 Å². The standard InChI is InChI=1S/C16H14ClN3/c17-13-8-9-16(19-14(13)11-18)20-10-4-7-15(20)12-5-2-1-3-6-12/h1-3,5-6,8-9,15H,4,7,10H2. The maximum atomic E-state index is 9.05. The van der Waals surface area contributed by atoms with Crippen LogP contribution >= 0.6 is 11.6 Å². The molecule has 3 rings (SSSR count). The van der Waals surface area contributed by atoms with Crippen LogP contribution in [0.2, 0.25) is 5.02 Å². The van der Waals surface area contributed by atoms with Gasteiger partial charge in [0.05, 0.1) is 11.1 Å². The van der Waals surface area contributed by atoms with E-state index in [4.69, 9.17) is 16.9 Å². The second kappa shape index (κ2) is 5.52. The first-order valence-corrected chi connectivity index (χ1v) is 7.05. The molecule has 0 bridgehead atoms. The molecule has 0 saturated carbocycles. The lowest BCUT2D eigenvalue weighted by Crippen LogP contribution is -2.23. The lowest BCUT2D eigenvalue weighted by Gasteiger charge is -2.26. The van der Waals surface area contributed by atoms with Crippen molar-refractivity contribution in [1.82, 2.24) is 4.98 Å². The minimum atomic E-state index is 0.294. The summed E-state index contributed by atoms with van der Waals surface area (Å²) in [5, 5.41) is 9.46. The van der Waals surface area contributed by atoms with Gasteiger partial charge in [-0.2, -0.15) is 5.26 Å². The monoisotopic (exact) mass is 283 g/mol. The Morgan fingerprint density at radius 1 is 1.20 bits per heavy atom. The topological polar surface area (TPSA) is 39.9 Å². The zero-order chi connectivity index (χ0) is 13.9. The summed E-state index contributed by atoms with van der Waals surface area (Å²) in [6, 6.07) is 16.4. The van der Waals surface area contributed by atoms with E-state index in [1.165, 1.54) is 5.56 Å². The van der Waals surface area contributed by atoms with E-state index in [1.54, 1.807) is 6.07 Å². The molecule has 2 aromatic rings. The van der Waals surface area contributed by atoms with Gasteiger partial charge in [-0.1, -0.05) is 41.9 Å². The molecule has 100 valence electrons. The molecule has 0 amide bonds. The lowest BCUT2D eigenvalue weighted by atomic mass is 10.0. The fourth-order valence-electron chi connectivity index (χ4n) is 2.73. The van der Waals surface area contributed by atoms with Gasteiger partial charge in [0.25, 0.3) is 0 Å². The zero-order valence-corrected chi connectivity index (χ0v) is 11.7. The Balaban J connectivity index is 1.95. The first-order valence-electron chi connectivity index (χ1n) is 6.68. The van der Waals surface area contributed by atoms with Crippen molar-refractivity contribution in [1.29, 1.82) is 5.26 Å². The largest absolute Gasteiger partial charge is 0.350 e. The normalized spacial score (nSPS) is 18.0. The van der Waals surface area contributed by atoms with Crippen LogP contribution in [-0.2, 0) is 0 Å². The molecule has 0 aliphatic carbocycles. The zero-order valence-electron chi connectivity index (χ0n) is 11.0. The first-order chi connectivity index (χ1) is 9.79. The maximum absolute atomic E-state index is 9.05. The van der Waals surface area contributed by atoms with Crippen LogP contribution in [0, 0.1) is 11.3 Å². The minimum Gasteiger partial charge on any atom is -0.350 e. The number of benzene rings is 1. The number of anilines is 1. The highest BCUT2D eigenvalue weighted by Gasteiger charge is 2.27. The molecular weight excluding hydrogens is 270 g/mol. The molecule has 0 N–H and O–H groups in total. The molecule has 1 atom stereocenters. The number of hydrogen-bond acceptors (Lipinski definition) is 3. The quantitative estimate of drug-likeness (QED) is 0.838. The summed E-state index contributed by atoms with van der Waals surface area (Å²) in [4.78, 5) is 6.64. The van der Waals surface area contributed by atoms with Crippen molar-refractivity contribution in [3.8, 4) is 6.07 Å². The smallest absolute Gasteiger partial charge is 0.161 e. The Morgan fingerprint density at radius 2 is 2.00 bits per heavy atom. The van der Waals surface area contributed by atoms with Crippen molar-refractivity contribution in [3.63, 3.8) is 0 Å². The van der Waals surface area contributed by atoms with Gasteiger partial charge < -0.3 is 4.90 Å². The summed E-state index contributed by atoms with van der Waals surface area (Å²) in [5.74, 6) is 0.831. The summed E-state index contributed by atoms with van der Waals surface area (Å²) in [7, 11) is 0. The molecule has 0 spiro atoms. The third-order valence-electron chi connectivity index (χ3n) is 3.67. The fraction of sp³-hybridized carbons (Fsp3) is 0.250. The van der Waals surface area contributed by atoms with E-state index in [-0.39, 0.29) is 0 Å². The molecule has 1 aromatic heterocycles. The van der Waals surface area contributed by atoms with Crippen LogP contribution in [0.4, 0.5) is 5.82 Å². The van der Waals surface area contributed by atoms with E-state index < -0.39 is 0 Å². The summed E-state index contributed by atoms with van der Waals surface area (Å²) >= 11 is 5.95. The van der Waals surface area contributed by atoms with Gasteiger partial charge in [0, 0.05) is 6.54 Å². The van der Waals surface area contributed by atoms with Crippen LogP contribution in [0.3, 0.4) is 0 Å².